The zero-order valence-electron chi connectivity index (χ0n) is 20.5. The number of nitrogens with one attached hydrogen (secondary N) is 2. The number of anilines is 3. The highest BCUT2D eigenvalue weighted by molar-refractivity contribution is 5.65. The summed E-state index contributed by atoms with van der Waals surface area (Å²) < 4.78 is 0. The van der Waals surface area contributed by atoms with Crippen LogP contribution in [0.25, 0.3) is 11.4 Å². The number of aromatic nitrogens is 4. The third-order valence-corrected chi connectivity index (χ3v) is 5.71. The van der Waals surface area contributed by atoms with Gasteiger partial charge in [0.05, 0.1) is 6.04 Å². The van der Waals surface area contributed by atoms with Crippen molar-refractivity contribution in [2.45, 2.75) is 32.4 Å². The van der Waals surface area contributed by atoms with Crippen molar-refractivity contribution in [2.75, 3.05) is 17.3 Å². The summed E-state index contributed by atoms with van der Waals surface area (Å²) in [4.78, 5) is 31.0. The molecule has 0 aliphatic carbocycles. The van der Waals surface area contributed by atoms with Crippen LogP contribution in [0.15, 0.2) is 79.1 Å². The summed E-state index contributed by atoms with van der Waals surface area (Å²) >= 11 is 0. The molecule has 2 heterocycles. The van der Waals surface area contributed by atoms with Gasteiger partial charge in [0.2, 0.25) is 5.95 Å². The maximum absolute atomic E-state index is 11.0. The van der Waals surface area contributed by atoms with E-state index in [1.165, 1.54) is 0 Å². The molecule has 0 aliphatic heterocycles. The van der Waals surface area contributed by atoms with Crippen LogP contribution in [0.2, 0.25) is 0 Å². The molecular weight excluding hydrogens is 454 g/mol. The van der Waals surface area contributed by atoms with E-state index in [4.69, 9.17) is 10.1 Å². The summed E-state index contributed by atoms with van der Waals surface area (Å²) in [6.45, 7) is 3.88. The predicted molar refractivity (Wildman–Crippen MR) is 140 cm³/mol. The van der Waals surface area contributed by atoms with Gasteiger partial charge in [0.15, 0.2) is 5.82 Å². The van der Waals surface area contributed by atoms with E-state index in [0.29, 0.717) is 17.6 Å². The molecule has 0 unspecified atom stereocenters. The molecule has 0 radical (unpaired) electrons. The van der Waals surface area contributed by atoms with Gasteiger partial charge in [0.1, 0.15) is 11.6 Å². The molecule has 184 valence electrons. The predicted octanol–water partition coefficient (Wildman–Crippen LogP) is 5.07. The second-order valence-corrected chi connectivity index (χ2v) is 8.57. The Balaban J connectivity index is 1.44. The topological polar surface area (TPSA) is 116 Å². The Morgan fingerprint density at radius 2 is 1.67 bits per heavy atom. The van der Waals surface area contributed by atoms with Crippen molar-refractivity contribution in [1.29, 1.82) is 0 Å². The van der Waals surface area contributed by atoms with Gasteiger partial charge < -0.3 is 20.6 Å². The summed E-state index contributed by atoms with van der Waals surface area (Å²) in [7, 11) is 1.91. The number of hydrogen-bond acceptors (Lipinski definition) is 7. The van der Waals surface area contributed by atoms with Gasteiger partial charge in [-0.1, -0.05) is 54.6 Å². The van der Waals surface area contributed by atoms with Crippen molar-refractivity contribution in [3.63, 3.8) is 0 Å². The van der Waals surface area contributed by atoms with Crippen LogP contribution in [0.4, 0.5) is 22.4 Å². The quantitative estimate of drug-likeness (QED) is 0.302. The van der Waals surface area contributed by atoms with Crippen molar-refractivity contribution in [3.8, 4) is 11.4 Å². The third kappa shape index (κ3) is 6.32. The molecule has 0 bridgehead atoms. The molecule has 2 aromatic heterocycles. The zero-order valence-corrected chi connectivity index (χ0v) is 20.5. The van der Waals surface area contributed by atoms with Gasteiger partial charge >= 0.3 is 6.09 Å². The van der Waals surface area contributed by atoms with E-state index in [9.17, 15) is 4.79 Å². The lowest BCUT2D eigenvalue weighted by Crippen LogP contribution is -2.24. The van der Waals surface area contributed by atoms with E-state index >= 15 is 0 Å². The average Bonchev–Trinajstić information content (AvgIpc) is 2.88. The molecule has 36 heavy (non-hydrogen) atoms. The zero-order chi connectivity index (χ0) is 25.5. The highest BCUT2D eigenvalue weighted by Gasteiger charge is 2.13. The van der Waals surface area contributed by atoms with E-state index in [-0.39, 0.29) is 12.1 Å². The van der Waals surface area contributed by atoms with E-state index in [2.05, 4.69) is 32.5 Å². The summed E-state index contributed by atoms with van der Waals surface area (Å²) in [5.74, 6) is 2.59. The molecule has 0 saturated heterocycles. The van der Waals surface area contributed by atoms with E-state index in [1.54, 1.807) is 12.4 Å². The van der Waals surface area contributed by atoms with Gasteiger partial charge in [0, 0.05) is 31.0 Å². The molecule has 0 fully saturated rings. The fourth-order valence-electron chi connectivity index (χ4n) is 3.87. The second-order valence-electron chi connectivity index (χ2n) is 8.57. The van der Waals surface area contributed by atoms with Crippen molar-refractivity contribution in [1.82, 2.24) is 25.3 Å². The van der Waals surface area contributed by atoms with Gasteiger partial charge in [-0.3, -0.25) is 0 Å². The van der Waals surface area contributed by atoms with Crippen LogP contribution in [0.5, 0.6) is 0 Å². The average molecular weight is 484 g/mol. The minimum Gasteiger partial charge on any atom is -0.465 e. The van der Waals surface area contributed by atoms with E-state index in [0.717, 1.165) is 28.9 Å². The van der Waals surface area contributed by atoms with Crippen LogP contribution in [-0.2, 0) is 6.42 Å². The first-order chi connectivity index (χ1) is 17.4. The first-order valence-electron chi connectivity index (χ1n) is 11.7. The minimum atomic E-state index is -1.04. The summed E-state index contributed by atoms with van der Waals surface area (Å²) in [5, 5.41) is 14.8. The number of hydrogen-bond donors (Lipinski definition) is 3. The van der Waals surface area contributed by atoms with Gasteiger partial charge in [-0.05, 0) is 43.5 Å². The molecule has 0 aliphatic rings. The maximum Gasteiger partial charge on any atom is 0.405 e. The molecule has 9 nitrogen and oxygen atoms in total. The number of carboxylic acid groups (broad SMARTS) is 1. The lowest BCUT2D eigenvalue weighted by atomic mass is 10.0. The molecule has 3 N–H and O–H groups in total. The maximum atomic E-state index is 11.0. The standard InChI is InChI=1S/C27H29N7O2/c1-18(16-20-8-7-11-22(17-20)19(2)31-27(35)36)30-26-29-15-13-24(33-26)34(3)23-12-14-28-25(32-23)21-9-5-4-6-10-21/h4-15,17-19,31H,16H2,1-3H3,(H,35,36)(H,29,30,33)/t18-,19+/m0/s1. The molecule has 0 saturated carbocycles. The van der Waals surface area contributed by atoms with Gasteiger partial charge in [0.25, 0.3) is 0 Å². The Hall–Kier alpha value is -4.53. The van der Waals surface area contributed by atoms with Crippen molar-refractivity contribution in [2.24, 2.45) is 0 Å². The van der Waals surface area contributed by atoms with Gasteiger partial charge in [-0.25, -0.2) is 19.7 Å². The number of amides is 1. The van der Waals surface area contributed by atoms with Gasteiger partial charge in [-0.2, -0.15) is 4.98 Å². The van der Waals surface area contributed by atoms with Crippen LogP contribution in [0.1, 0.15) is 31.0 Å². The van der Waals surface area contributed by atoms with Crippen LogP contribution >= 0.6 is 0 Å². The number of carbonyl (C=O) groups is 1. The largest absolute Gasteiger partial charge is 0.465 e. The van der Waals surface area contributed by atoms with Crippen LogP contribution in [0.3, 0.4) is 0 Å². The molecule has 0 spiro atoms. The molecule has 2 atom stereocenters. The molecular formula is C27H29N7O2. The Bertz CT molecular complexity index is 1320. The normalized spacial score (nSPS) is 12.4. The van der Waals surface area contributed by atoms with E-state index < -0.39 is 6.09 Å². The molecule has 1 amide bonds. The number of nitrogens with zero attached hydrogens (tertiary/aromatic N) is 5. The fourth-order valence-corrected chi connectivity index (χ4v) is 3.87. The van der Waals surface area contributed by atoms with Crippen molar-refractivity contribution < 1.29 is 9.90 Å². The SMILES string of the molecule is C[C@@H](Cc1cccc([C@@H](C)NC(=O)O)c1)Nc1nccc(N(C)c2ccnc(-c3ccccc3)n2)n1. The van der Waals surface area contributed by atoms with Crippen LogP contribution in [0, 0.1) is 0 Å². The van der Waals surface area contributed by atoms with Crippen molar-refractivity contribution >= 4 is 23.7 Å². The summed E-state index contributed by atoms with van der Waals surface area (Å²) in [6, 6.07) is 21.2. The lowest BCUT2D eigenvalue weighted by molar-refractivity contribution is 0.191. The molecule has 4 aromatic rings. The van der Waals surface area contributed by atoms with Crippen LogP contribution in [-0.4, -0.2) is 44.2 Å². The Morgan fingerprint density at radius 3 is 2.42 bits per heavy atom. The second kappa shape index (κ2) is 11.3. The minimum absolute atomic E-state index is 0.0484. The highest BCUT2D eigenvalue weighted by atomic mass is 16.4. The molecule has 9 heteroatoms. The number of benzene rings is 2. The van der Waals surface area contributed by atoms with E-state index in [1.807, 2.05) is 85.6 Å². The monoisotopic (exact) mass is 483 g/mol. The first-order valence-corrected chi connectivity index (χ1v) is 11.7. The molecule has 4 rings (SSSR count). The smallest absolute Gasteiger partial charge is 0.405 e. The Morgan fingerprint density at radius 1 is 0.944 bits per heavy atom. The lowest BCUT2D eigenvalue weighted by Gasteiger charge is -2.20. The van der Waals surface area contributed by atoms with Crippen molar-refractivity contribution in [3.05, 3.63) is 90.3 Å². The van der Waals surface area contributed by atoms with Gasteiger partial charge in [-0.15, -0.1) is 0 Å². The summed E-state index contributed by atoms with van der Waals surface area (Å²) in [6.07, 6.45) is 3.14. The Labute approximate surface area is 210 Å². The molecule has 2 aromatic carbocycles. The summed E-state index contributed by atoms with van der Waals surface area (Å²) in [5.41, 5.74) is 2.96. The number of rotatable bonds is 9. The van der Waals surface area contributed by atoms with Crippen LogP contribution < -0.4 is 15.5 Å². The Kier molecular flexibility index (Phi) is 7.69. The highest BCUT2D eigenvalue weighted by Crippen LogP contribution is 2.23. The third-order valence-electron chi connectivity index (χ3n) is 5.71. The fraction of sp³-hybridized carbons (Fsp3) is 0.222. The first kappa shape index (κ1) is 24.6.